The molecule has 0 saturated carbocycles. The molecule has 2 aromatic rings. The molecule has 0 amide bonds. The molecule has 26 heavy (non-hydrogen) atoms. The molecule has 0 aliphatic rings. The highest BCUT2D eigenvalue weighted by molar-refractivity contribution is 14.1. The summed E-state index contributed by atoms with van der Waals surface area (Å²) in [6, 6.07) is 13.8. The number of hydrogen-bond acceptors (Lipinski definition) is 4. The molecule has 5 heteroatoms. The first kappa shape index (κ1) is 20.6. The van der Waals surface area contributed by atoms with Crippen LogP contribution in [0.2, 0.25) is 0 Å². The Balaban J connectivity index is 1.82. The number of halogens is 1. The van der Waals surface area contributed by atoms with Crippen molar-refractivity contribution in [3.63, 3.8) is 0 Å². The van der Waals surface area contributed by atoms with Crippen LogP contribution in [0.4, 0.5) is 4.79 Å². The van der Waals surface area contributed by atoms with Crippen LogP contribution in [0.15, 0.2) is 42.5 Å². The van der Waals surface area contributed by atoms with E-state index in [1.165, 1.54) is 9.13 Å². The fourth-order valence-corrected chi connectivity index (χ4v) is 2.97. The Hall–Kier alpha value is -1.76. The molecule has 2 aromatic carbocycles. The Morgan fingerprint density at radius 1 is 1.12 bits per heavy atom. The van der Waals surface area contributed by atoms with Crippen molar-refractivity contribution in [1.29, 1.82) is 0 Å². The number of benzene rings is 2. The van der Waals surface area contributed by atoms with Crippen LogP contribution in [0.3, 0.4) is 0 Å². The summed E-state index contributed by atoms with van der Waals surface area (Å²) in [7, 11) is 0. The van der Waals surface area contributed by atoms with Gasteiger partial charge in [-0.15, -0.1) is 0 Å². The maximum absolute atomic E-state index is 11.7. The van der Waals surface area contributed by atoms with Gasteiger partial charge in [-0.1, -0.05) is 12.1 Å². The van der Waals surface area contributed by atoms with Gasteiger partial charge in [0.25, 0.3) is 0 Å². The largest absolute Gasteiger partial charge is 0.514 e. The van der Waals surface area contributed by atoms with Crippen molar-refractivity contribution in [2.24, 2.45) is 0 Å². The van der Waals surface area contributed by atoms with Gasteiger partial charge in [-0.3, -0.25) is 0 Å². The molecule has 0 saturated heterocycles. The summed E-state index contributed by atoms with van der Waals surface area (Å²) in [5.74, 6) is 1.24. The third kappa shape index (κ3) is 7.23. The molecular weight excluding hydrogens is 443 g/mol. The first-order valence-electron chi connectivity index (χ1n) is 8.62. The first-order valence-corrected chi connectivity index (χ1v) is 9.69. The predicted octanol–water partition coefficient (Wildman–Crippen LogP) is 5.93. The van der Waals surface area contributed by atoms with Crippen molar-refractivity contribution < 1.29 is 19.0 Å². The Labute approximate surface area is 169 Å². The lowest BCUT2D eigenvalue weighted by atomic mass is 10.1. The minimum atomic E-state index is -0.705. The lowest BCUT2D eigenvalue weighted by molar-refractivity contribution is 0.0206. The summed E-state index contributed by atoms with van der Waals surface area (Å²) < 4.78 is 17.5. The smallest absolute Gasteiger partial charge is 0.493 e. The van der Waals surface area contributed by atoms with Crippen molar-refractivity contribution in [1.82, 2.24) is 0 Å². The van der Waals surface area contributed by atoms with Gasteiger partial charge in [0.15, 0.2) is 0 Å². The zero-order valence-electron chi connectivity index (χ0n) is 15.7. The monoisotopic (exact) mass is 468 g/mol. The van der Waals surface area contributed by atoms with Crippen molar-refractivity contribution in [3.05, 3.63) is 57.2 Å². The lowest BCUT2D eigenvalue weighted by Crippen LogP contribution is -2.25. The van der Waals surface area contributed by atoms with Crippen molar-refractivity contribution in [2.45, 2.75) is 46.1 Å². The quantitative estimate of drug-likeness (QED) is 0.228. The van der Waals surface area contributed by atoms with Crippen LogP contribution in [-0.4, -0.2) is 18.4 Å². The number of aryl methyl sites for hydroxylation is 2. The van der Waals surface area contributed by atoms with E-state index in [1.807, 2.05) is 13.0 Å². The van der Waals surface area contributed by atoms with Crippen LogP contribution < -0.4 is 9.47 Å². The van der Waals surface area contributed by atoms with E-state index in [-0.39, 0.29) is 0 Å². The number of carbonyl (C=O) groups is 1. The number of rotatable bonds is 6. The molecule has 0 unspecified atom stereocenters. The van der Waals surface area contributed by atoms with E-state index in [9.17, 15) is 4.79 Å². The summed E-state index contributed by atoms with van der Waals surface area (Å²) in [4.78, 5) is 11.7. The molecule has 4 nitrogen and oxygen atoms in total. The Bertz CT molecular complexity index is 750. The molecular formula is C21H25IO4. The van der Waals surface area contributed by atoms with Crippen molar-refractivity contribution >= 4 is 28.7 Å². The van der Waals surface area contributed by atoms with E-state index in [0.717, 1.165) is 24.2 Å². The van der Waals surface area contributed by atoms with Crippen LogP contribution in [0.1, 0.15) is 38.3 Å². The summed E-state index contributed by atoms with van der Waals surface area (Å²) in [5, 5.41) is 0. The first-order chi connectivity index (χ1) is 12.2. The van der Waals surface area contributed by atoms with Gasteiger partial charge in [-0.05, 0) is 105 Å². The topological polar surface area (TPSA) is 44.8 Å². The third-order valence-corrected chi connectivity index (χ3v) is 4.16. The van der Waals surface area contributed by atoms with Crippen LogP contribution >= 0.6 is 22.6 Å². The average Bonchev–Trinajstić information content (AvgIpc) is 2.51. The minimum Gasteiger partial charge on any atom is -0.493 e. The van der Waals surface area contributed by atoms with E-state index in [2.05, 4.69) is 46.9 Å². The van der Waals surface area contributed by atoms with Gasteiger partial charge in [0.05, 0.1) is 6.61 Å². The van der Waals surface area contributed by atoms with Crippen molar-refractivity contribution in [2.75, 3.05) is 6.61 Å². The molecule has 0 spiro atoms. The molecule has 0 N–H and O–H groups in total. The molecule has 0 heterocycles. The van der Waals surface area contributed by atoms with Gasteiger partial charge in [0.2, 0.25) is 0 Å². The molecule has 0 aliphatic carbocycles. The van der Waals surface area contributed by atoms with E-state index in [1.54, 1.807) is 32.9 Å². The highest BCUT2D eigenvalue weighted by atomic mass is 127. The predicted molar refractivity (Wildman–Crippen MR) is 111 cm³/mol. The van der Waals surface area contributed by atoms with Crippen molar-refractivity contribution in [3.8, 4) is 11.5 Å². The average molecular weight is 468 g/mol. The minimum absolute atomic E-state index is 0.447. The molecule has 0 fully saturated rings. The number of hydrogen-bond donors (Lipinski definition) is 0. The van der Waals surface area contributed by atoms with Crippen LogP contribution in [0.5, 0.6) is 11.5 Å². The second kappa shape index (κ2) is 9.26. The molecule has 2 rings (SSSR count). The number of ether oxygens (including phenoxy) is 3. The van der Waals surface area contributed by atoms with E-state index in [0.29, 0.717) is 12.4 Å². The summed E-state index contributed by atoms with van der Waals surface area (Å²) in [6.45, 7) is 7.96. The zero-order chi connectivity index (χ0) is 19.2. The van der Waals surface area contributed by atoms with Gasteiger partial charge in [0.1, 0.15) is 17.1 Å². The molecule has 0 radical (unpaired) electrons. The fourth-order valence-electron chi connectivity index (χ4n) is 2.37. The maximum atomic E-state index is 11.7. The van der Waals surface area contributed by atoms with E-state index >= 15 is 0 Å². The number of carbonyl (C=O) groups excluding carboxylic acids is 1. The molecule has 0 aliphatic heterocycles. The van der Waals surface area contributed by atoms with E-state index < -0.39 is 11.8 Å². The zero-order valence-corrected chi connectivity index (χ0v) is 17.8. The second-order valence-corrected chi connectivity index (χ2v) is 8.32. The van der Waals surface area contributed by atoms with Gasteiger partial charge in [0, 0.05) is 3.57 Å². The van der Waals surface area contributed by atoms with Crippen LogP contribution in [-0.2, 0) is 11.2 Å². The van der Waals surface area contributed by atoms with Crippen LogP contribution in [0, 0.1) is 10.5 Å². The van der Waals surface area contributed by atoms with Crippen LogP contribution in [0.25, 0.3) is 0 Å². The standard InChI is InChI=1S/C21H25IO4/c1-15-13-18(25-20(23)26-21(2,3)4)10-11-19(15)24-12-6-8-16-7-5-9-17(22)14-16/h5,7,9-11,13-14H,6,8,12H2,1-4H3. The third-order valence-electron chi connectivity index (χ3n) is 3.49. The van der Waals surface area contributed by atoms with Gasteiger partial charge in [-0.2, -0.15) is 0 Å². The molecule has 140 valence electrons. The Morgan fingerprint density at radius 2 is 1.88 bits per heavy atom. The SMILES string of the molecule is Cc1cc(OC(=O)OC(C)(C)C)ccc1OCCCc1cccc(I)c1. The summed E-state index contributed by atoms with van der Waals surface area (Å²) in [5.41, 5.74) is 1.66. The highest BCUT2D eigenvalue weighted by Crippen LogP contribution is 2.24. The summed E-state index contributed by atoms with van der Waals surface area (Å²) >= 11 is 2.32. The summed E-state index contributed by atoms with van der Waals surface area (Å²) in [6.07, 6.45) is 1.22. The van der Waals surface area contributed by atoms with Gasteiger partial charge >= 0.3 is 6.16 Å². The van der Waals surface area contributed by atoms with Gasteiger partial charge in [-0.25, -0.2) is 4.79 Å². The van der Waals surface area contributed by atoms with Gasteiger partial charge < -0.3 is 14.2 Å². The lowest BCUT2D eigenvalue weighted by Gasteiger charge is -2.19. The normalized spacial score (nSPS) is 11.1. The molecule has 0 bridgehead atoms. The Morgan fingerprint density at radius 3 is 2.54 bits per heavy atom. The highest BCUT2D eigenvalue weighted by Gasteiger charge is 2.18. The molecule has 0 atom stereocenters. The molecule has 0 aromatic heterocycles. The second-order valence-electron chi connectivity index (χ2n) is 7.08. The van der Waals surface area contributed by atoms with E-state index in [4.69, 9.17) is 14.2 Å². The fraction of sp³-hybridized carbons (Fsp3) is 0.381. The maximum Gasteiger partial charge on any atom is 0.514 e. The Kier molecular flexibility index (Phi) is 7.32.